The van der Waals surface area contributed by atoms with Crippen LogP contribution in [0.1, 0.15) is 36.2 Å². The van der Waals surface area contributed by atoms with Gasteiger partial charge in [0.15, 0.2) is 5.82 Å². The Morgan fingerprint density at radius 1 is 1.09 bits per heavy atom. The van der Waals surface area contributed by atoms with Crippen LogP contribution in [0.15, 0.2) is 53.5 Å². The molecule has 2 saturated heterocycles. The van der Waals surface area contributed by atoms with Gasteiger partial charge in [-0.25, -0.2) is 0 Å². The molecule has 2 aliphatic rings. The Hall–Kier alpha value is -3.19. The van der Waals surface area contributed by atoms with E-state index < -0.39 is 12.5 Å². The normalized spacial score (nSPS) is 24.3. The van der Waals surface area contributed by atoms with Gasteiger partial charge in [0, 0.05) is 54.1 Å². The van der Waals surface area contributed by atoms with Crippen LogP contribution in [0.5, 0.6) is 5.75 Å². The van der Waals surface area contributed by atoms with Gasteiger partial charge in [0.1, 0.15) is 5.75 Å². The number of benzene rings is 1. The van der Waals surface area contributed by atoms with Crippen molar-refractivity contribution in [2.75, 3.05) is 11.9 Å². The SMILES string of the molecule is [2H]C([2H])([2H])n1ccc(-c2ccc(-c3ccc(N(C)C4C[C@@H]5CCC[C@@H](C4)N5)nn3)c(O)c2)cc1=O. The highest BCUT2D eigenvalue weighted by Gasteiger charge is 2.33. The number of nitrogens with one attached hydrogen (secondary N) is 1. The lowest BCUT2D eigenvalue weighted by Gasteiger charge is -2.43. The van der Waals surface area contributed by atoms with E-state index in [0.717, 1.165) is 18.7 Å². The summed E-state index contributed by atoms with van der Waals surface area (Å²) in [4.78, 5) is 14.4. The number of aromatic nitrogens is 3. The molecule has 2 aliphatic heterocycles. The van der Waals surface area contributed by atoms with Crippen LogP contribution in [0.4, 0.5) is 5.82 Å². The average Bonchev–Trinajstić information content (AvgIpc) is 2.82. The second-order valence-corrected chi connectivity index (χ2v) is 8.86. The van der Waals surface area contributed by atoms with Crippen LogP contribution in [-0.2, 0) is 6.98 Å². The number of pyridine rings is 1. The van der Waals surface area contributed by atoms with Crippen molar-refractivity contribution in [2.45, 2.75) is 50.2 Å². The molecule has 32 heavy (non-hydrogen) atoms. The molecule has 0 unspecified atom stereocenters. The Morgan fingerprint density at radius 3 is 2.53 bits per heavy atom. The molecule has 7 nitrogen and oxygen atoms in total. The molecule has 5 rings (SSSR count). The Morgan fingerprint density at radius 2 is 1.88 bits per heavy atom. The summed E-state index contributed by atoms with van der Waals surface area (Å²) in [5.41, 5.74) is 1.57. The topological polar surface area (TPSA) is 83.3 Å². The van der Waals surface area contributed by atoms with E-state index in [0.29, 0.717) is 45.1 Å². The molecular formula is C25H29N5O2. The lowest BCUT2D eigenvalue weighted by Crippen LogP contribution is -2.54. The summed E-state index contributed by atoms with van der Waals surface area (Å²) in [5, 5.41) is 23.2. The molecule has 7 heteroatoms. The predicted octanol–water partition coefficient (Wildman–Crippen LogP) is 3.32. The summed E-state index contributed by atoms with van der Waals surface area (Å²) >= 11 is 0. The Kier molecular flexibility index (Phi) is 4.56. The first-order valence-corrected chi connectivity index (χ1v) is 11.1. The minimum Gasteiger partial charge on any atom is -0.507 e. The molecule has 0 amide bonds. The van der Waals surface area contributed by atoms with E-state index in [9.17, 15) is 9.90 Å². The highest BCUT2D eigenvalue weighted by molar-refractivity contribution is 5.74. The van der Waals surface area contributed by atoms with E-state index in [1.54, 1.807) is 24.3 Å². The fraction of sp³-hybridized carbons (Fsp3) is 0.400. The van der Waals surface area contributed by atoms with Gasteiger partial charge in [-0.1, -0.05) is 12.5 Å². The molecule has 1 aromatic carbocycles. The van der Waals surface area contributed by atoms with E-state index in [-0.39, 0.29) is 5.75 Å². The summed E-state index contributed by atoms with van der Waals surface area (Å²) in [6, 6.07) is 13.2. The third kappa shape index (κ3) is 4.00. The highest BCUT2D eigenvalue weighted by atomic mass is 16.3. The minimum absolute atomic E-state index is 0.00378. The van der Waals surface area contributed by atoms with Crippen molar-refractivity contribution in [2.24, 2.45) is 6.98 Å². The fourth-order valence-electron chi connectivity index (χ4n) is 4.98. The van der Waals surface area contributed by atoms with Crippen LogP contribution in [0, 0.1) is 0 Å². The Bertz CT molecular complexity index is 1260. The van der Waals surface area contributed by atoms with Crippen LogP contribution in [0.2, 0.25) is 0 Å². The average molecular weight is 435 g/mol. The maximum Gasteiger partial charge on any atom is 0.250 e. The van der Waals surface area contributed by atoms with Gasteiger partial charge in [0.05, 0.1) is 5.69 Å². The maximum absolute atomic E-state index is 12.2. The second-order valence-electron chi connectivity index (χ2n) is 8.86. The van der Waals surface area contributed by atoms with Gasteiger partial charge >= 0.3 is 0 Å². The standard InChI is InChI=1S/C25H29N5O2/c1-29-11-10-17(13-25(29)32)16-6-7-21(23(31)12-16)22-8-9-24(28-27-22)30(2)20-14-18-4-3-5-19(15-20)26-18/h6-13,18-20,26,31H,3-5,14-15H2,1-2H3/t18-,19-/m0/s1/i1D3. The molecule has 166 valence electrons. The second kappa shape index (κ2) is 8.39. The number of anilines is 1. The molecule has 0 aliphatic carbocycles. The number of aryl methyl sites for hydroxylation is 1. The number of nitrogens with zero attached hydrogens (tertiary/aromatic N) is 4. The van der Waals surface area contributed by atoms with Gasteiger partial charge in [0.25, 0.3) is 5.56 Å². The molecule has 0 spiro atoms. The molecule has 2 atom stereocenters. The Labute approximate surface area is 192 Å². The lowest BCUT2D eigenvalue weighted by atomic mass is 9.83. The van der Waals surface area contributed by atoms with Crippen LogP contribution in [0.3, 0.4) is 0 Å². The number of hydrogen-bond acceptors (Lipinski definition) is 6. The van der Waals surface area contributed by atoms with E-state index in [4.69, 9.17) is 4.11 Å². The smallest absolute Gasteiger partial charge is 0.250 e. The summed E-state index contributed by atoms with van der Waals surface area (Å²) in [6.07, 6.45) is 7.23. The maximum atomic E-state index is 12.2. The van der Waals surface area contributed by atoms with Crippen molar-refractivity contribution >= 4 is 5.82 Å². The Balaban J connectivity index is 1.34. The first-order valence-electron chi connectivity index (χ1n) is 12.6. The summed E-state index contributed by atoms with van der Waals surface area (Å²) in [6.45, 7) is -2.53. The highest BCUT2D eigenvalue weighted by Crippen LogP contribution is 2.33. The number of rotatable bonds is 4. The van der Waals surface area contributed by atoms with Gasteiger partial charge < -0.3 is 19.9 Å². The quantitative estimate of drug-likeness (QED) is 0.655. The van der Waals surface area contributed by atoms with Gasteiger partial charge in [0.2, 0.25) is 0 Å². The summed E-state index contributed by atoms with van der Waals surface area (Å²) < 4.78 is 22.9. The monoisotopic (exact) mass is 434 g/mol. The zero-order valence-electron chi connectivity index (χ0n) is 21.0. The number of phenols is 1. The number of piperidine rings is 2. The number of fused-ring (bicyclic) bond motifs is 2. The van der Waals surface area contributed by atoms with Gasteiger partial charge in [-0.05, 0) is 67.1 Å². The van der Waals surface area contributed by atoms with E-state index in [1.165, 1.54) is 31.5 Å². The molecule has 2 aromatic heterocycles. The van der Waals surface area contributed by atoms with E-state index in [2.05, 4.69) is 27.5 Å². The molecule has 0 radical (unpaired) electrons. The molecular weight excluding hydrogens is 402 g/mol. The molecule has 0 saturated carbocycles. The van der Waals surface area contributed by atoms with Crippen molar-refractivity contribution in [3.8, 4) is 28.1 Å². The van der Waals surface area contributed by atoms with Crippen LogP contribution in [0.25, 0.3) is 22.4 Å². The van der Waals surface area contributed by atoms with Gasteiger partial charge in [-0.2, -0.15) is 0 Å². The van der Waals surface area contributed by atoms with E-state index in [1.807, 2.05) is 12.1 Å². The number of hydrogen-bond donors (Lipinski definition) is 2. The summed E-state index contributed by atoms with van der Waals surface area (Å²) in [5.74, 6) is 0.814. The molecule has 2 bridgehead atoms. The third-order valence-corrected chi connectivity index (χ3v) is 6.78. The fourth-order valence-corrected chi connectivity index (χ4v) is 4.98. The third-order valence-electron chi connectivity index (χ3n) is 6.78. The summed E-state index contributed by atoms with van der Waals surface area (Å²) in [7, 11) is 2.07. The van der Waals surface area contributed by atoms with Crippen LogP contribution < -0.4 is 15.8 Å². The first-order chi connectivity index (χ1) is 16.7. The number of aromatic hydroxyl groups is 1. The largest absolute Gasteiger partial charge is 0.507 e. The van der Waals surface area contributed by atoms with E-state index >= 15 is 0 Å². The molecule has 2 N–H and O–H groups in total. The molecule has 3 aromatic rings. The minimum atomic E-state index is -2.53. The van der Waals surface area contributed by atoms with Crippen molar-refractivity contribution in [1.82, 2.24) is 20.1 Å². The zero-order chi connectivity index (χ0) is 24.7. The predicted molar refractivity (Wildman–Crippen MR) is 126 cm³/mol. The zero-order valence-corrected chi connectivity index (χ0v) is 18.0. The van der Waals surface area contributed by atoms with Crippen molar-refractivity contribution in [1.29, 1.82) is 0 Å². The van der Waals surface area contributed by atoms with Crippen molar-refractivity contribution in [3.63, 3.8) is 0 Å². The molecule has 2 fully saturated rings. The van der Waals surface area contributed by atoms with Crippen LogP contribution >= 0.6 is 0 Å². The lowest BCUT2D eigenvalue weighted by molar-refractivity contribution is 0.219. The molecule has 4 heterocycles. The number of phenolic OH excluding ortho intramolecular Hbond substituents is 1. The first kappa shape index (κ1) is 17.4. The van der Waals surface area contributed by atoms with Crippen molar-refractivity contribution < 1.29 is 9.22 Å². The van der Waals surface area contributed by atoms with Crippen molar-refractivity contribution in [3.05, 3.63) is 59.0 Å². The van der Waals surface area contributed by atoms with Crippen LogP contribution in [-0.4, -0.2) is 45.0 Å². The van der Waals surface area contributed by atoms with Gasteiger partial charge in [-0.15, -0.1) is 10.2 Å². The van der Waals surface area contributed by atoms with Gasteiger partial charge in [-0.3, -0.25) is 4.79 Å².